The van der Waals surface area contributed by atoms with Crippen LogP contribution in [0.2, 0.25) is 0 Å². The van der Waals surface area contributed by atoms with Crippen LogP contribution < -0.4 is 16.4 Å². The normalized spacial score (nSPS) is 14.7. The number of nitrogen functional groups attached to an aromatic ring is 1. The summed E-state index contributed by atoms with van der Waals surface area (Å²) in [5.41, 5.74) is 7.80. The summed E-state index contributed by atoms with van der Waals surface area (Å²) in [4.78, 5) is 20.4. The minimum atomic E-state index is -0.128. The number of hydrogen-bond donors (Lipinski definition) is 3. The van der Waals surface area contributed by atoms with Crippen LogP contribution >= 0.6 is 0 Å². The molecule has 3 aromatic rings. The van der Waals surface area contributed by atoms with E-state index in [0.29, 0.717) is 24.0 Å². The first-order valence-electron chi connectivity index (χ1n) is 8.66. The highest BCUT2D eigenvalue weighted by Gasteiger charge is 2.16. The van der Waals surface area contributed by atoms with E-state index in [2.05, 4.69) is 31.6 Å². The highest BCUT2D eigenvalue weighted by Crippen LogP contribution is 2.26. The first-order valence-corrected chi connectivity index (χ1v) is 8.66. The SMILES string of the molecule is C#C[C@@H](C)c1cc2cc(Nc3cc4n(n3)CC(=O)NCC4)ncc2c(N)n1. The maximum atomic E-state index is 11.7. The average Bonchev–Trinajstić information content (AvgIpc) is 2.92. The number of anilines is 3. The molecular weight excluding hydrogens is 342 g/mol. The number of pyridine rings is 2. The van der Waals surface area contributed by atoms with Gasteiger partial charge in [0.25, 0.3) is 0 Å². The van der Waals surface area contributed by atoms with E-state index in [1.807, 2.05) is 25.1 Å². The maximum absolute atomic E-state index is 11.7. The van der Waals surface area contributed by atoms with Crippen molar-refractivity contribution < 1.29 is 4.79 Å². The molecule has 0 unspecified atom stereocenters. The summed E-state index contributed by atoms with van der Waals surface area (Å²) in [6, 6.07) is 5.74. The predicted octanol–water partition coefficient (Wildman–Crippen LogP) is 1.56. The van der Waals surface area contributed by atoms with Gasteiger partial charge in [-0.1, -0.05) is 5.92 Å². The third-order valence-electron chi connectivity index (χ3n) is 4.57. The van der Waals surface area contributed by atoms with E-state index in [0.717, 1.165) is 28.6 Å². The van der Waals surface area contributed by atoms with Crippen LogP contribution in [-0.4, -0.2) is 32.2 Å². The maximum Gasteiger partial charge on any atom is 0.241 e. The van der Waals surface area contributed by atoms with Crippen LogP contribution in [0.3, 0.4) is 0 Å². The average molecular weight is 361 g/mol. The molecule has 0 saturated heterocycles. The highest BCUT2D eigenvalue weighted by molar-refractivity contribution is 5.92. The number of hydrogen-bond acceptors (Lipinski definition) is 6. The second-order valence-electron chi connectivity index (χ2n) is 6.51. The molecule has 0 aliphatic carbocycles. The molecule has 136 valence electrons. The van der Waals surface area contributed by atoms with Crippen LogP contribution in [0.25, 0.3) is 10.8 Å². The van der Waals surface area contributed by atoms with E-state index in [4.69, 9.17) is 12.2 Å². The van der Waals surface area contributed by atoms with Gasteiger partial charge in [0.2, 0.25) is 5.91 Å². The zero-order chi connectivity index (χ0) is 19.0. The number of fused-ring (bicyclic) bond motifs is 2. The lowest BCUT2D eigenvalue weighted by Crippen LogP contribution is -2.25. The molecule has 1 aliphatic rings. The Kier molecular flexibility index (Phi) is 4.12. The summed E-state index contributed by atoms with van der Waals surface area (Å²) >= 11 is 0. The van der Waals surface area contributed by atoms with Crippen LogP contribution in [0.15, 0.2) is 24.4 Å². The number of nitrogens with one attached hydrogen (secondary N) is 2. The molecule has 0 spiro atoms. The van der Waals surface area contributed by atoms with Crippen molar-refractivity contribution in [1.82, 2.24) is 25.1 Å². The van der Waals surface area contributed by atoms with Crippen molar-refractivity contribution in [3.8, 4) is 12.3 Å². The molecular formula is C19H19N7O. The van der Waals surface area contributed by atoms with Crippen molar-refractivity contribution in [2.75, 3.05) is 17.6 Å². The number of rotatable bonds is 3. The number of nitrogens with two attached hydrogens (primary N) is 1. The van der Waals surface area contributed by atoms with Gasteiger partial charge in [-0.2, -0.15) is 5.10 Å². The molecule has 4 N–H and O–H groups in total. The van der Waals surface area contributed by atoms with Crippen molar-refractivity contribution >= 4 is 34.1 Å². The smallest absolute Gasteiger partial charge is 0.241 e. The van der Waals surface area contributed by atoms with Crippen molar-refractivity contribution in [2.24, 2.45) is 0 Å². The molecule has 0 bridgehead atoms. The molecule has 4 heterocycles. The fourth-order valence-electron chi connectivity index (χ4n) is 3.08. The molecule has 8 heteroatoms. The Bertz CT molecular complexity index is 1080. The van der Waals surface area contributed by atoms with Gasteiger partial charge in [-0.3, -0.25) is 9.48 Å². The summed E-state index contributed by atoms with van der Waals surface area (Å²) in [6.07, 6.45) is 7.92. The van der Waals surface area contributed by atoms with E-state index < -0.39 is 0 Å². The molecule has 4 rings (SSSR count). The Morgan fingerprint density at radius 3 is 3.04 bits per heavy atom. The molecule has 0 fully saturated rings. The summed E-state index contributed by atoms with van der Waals surface area (Å²) in [6.45, 7) is 2.74. The topological polar surface area (TPSA) is 111 Å². The molecule has 0 aromatic carbocycles. The second-order valence-corrected chi connectivity index (χ2v) is 6.51. The van der Waals surface area contributed by atoms with E-state index in [1.54, 1.807) is 10.9 Å². The lowest BCUT2D eigenvalue weighted by molar-refractivity contribution is -0.121. The van der Waals surface area contributed by atoms with Crippen LogP contribution in [-0.2, 0) is 17.8 Å². The summed E-state index contributed by atoms with van der Waals surface area (Å²) in [5, 5.41) is 12.1. The standard InChI is InChI=1S/C19H19N7O/c1-3-11(2)15-6-12-7-16(22-9-14(12)19(20)23-15)24-17-8-13-4-5-21-18(27)10-26(13)25-17/h1,6-9,11H,4-5,10H2,2H3,(H2,20,23)(H,21,27)(H,22,24,25)/t11-/m1/s1. The molecule has 0 radical (unpaired) electrons. The van der Waals surface area contributed by atoms with Gasteiger partial charge in [0.1, 0.15) is 18.2 Å². The highest BCUT2D eigenvalue weighted by atomic mass is 16.2. The van der Waals surface area contributed by atoms with Gasteiger partial charge < -0.3 is 16.4 Å². The fraction of sp³-hybridized carbons (Fsp3) is 0.263. The van der Waals surface area contributed by atoms with Gasteiger partial charge in [-0.05, 0) is 24.4 Å². The van der Waals surface area contributed by atoms with Crippen LogP contribution in [0.1, 0.15) is 24.2 Å². The molecule has 27 heavy (non-hydrogen) atoms. The van der Waals surface area contributed by atoms with Gasteiger partial charge in [0, 0.05) is 36.3 Å². The van der Waals surface area contributed by atoms with Gasteiger partial charge in [-0.15, -0.1) is 6.42 Å². The largest absolute Gasteiger partial charge is 0.383 e. The third kappa shape index (κ3) is 3.27. The van der Waals surface area contributed by atoms with E-state index in [-0.39, 0.29) is 18.4 Å². The molecule has 1 atom stereocenters. The molecule has 1 aliphatic heterocycles. The Hall–Kier alpha value is -3.60. The summed E-state index contributed by atoms with van der Waals surface area (Å²) in [7, 11) is 0. The monoisotopic (exact) mass is 361 g/mol. The van der Waals surface area contributed by atoms with Gasteiger partial charge in [0.05, 0.1) is 11.6 Å². The lowest BCUT2D eigenvalue weighted by atomic mass is 10.1. The summed E-state index contributed by atoms with van der Waals surface area (Å²) < 4.78 is 1.71. The minimum Gasteiger partial charge on any atom is -0.383 e. The Balaban J connectivity index is 1.66. The number of nitrogens with zero attached hydrogens (tertiary/aromatic N) is 4. The number of aromatic nitrogens is 4. The number of carbonyl (C=O) groups excluding carboxylic acids is 1. The van der Waals surface area contributed by atoms with Gasteiger partial charge in [-0.25, -0.2) is 9.97 Å². The third-order valence-corrected chi connectivity index (χ3v) is 4.57. The Labute approximate surface area is 156 Å². The Morgan fingerprint density at radius 2 is 2.22 bits per heavy atom. The number of terminal acetylenes is 1. The van der Waals surface area contributed by atoms with Crippen molar-refractivity contribution in [1.29, 1.82) is 0 Å². The van der Waals surface area contributed by atoms with Gasteiger partial charge >= 0.3 is 0 Å². The van der Waals surface area contributed by atoms with Crippen LogP contribution in [0.5, 0.6) is 0 Å². The van der Waals surface area contributed by atoms with Crippen LogP contribution in [0.4, 0.5) is 17.5 Å². The molecule has 1 amide bonds. The lowest BCUT2D eigenvalue weighted by Gasteiger charge is -2.09. The minimum absolute atomic E-state index is 0.0367. The quantitative estimate of drug-likeness (QED) is 0.611. The Morgan fingerprint density at radius 1 is 1.37 bits per heavy atom. The van der Waals surface area contributed by atoms with E-state index in [9.17, 15) is 4.79 Å². The van der Waals surface area contributed by atoms with E-state index >= 15 is 0 Å². The van der Waals surface area contributed by atoms with Crippen molar-refractivity contribution in [3.05, 3.63) is 35.8 Å². The first-order chi connectivity index (χ1) is 13.0. The fourth-order valence-corrected chi connectivity index (χ4v) is 3.08. The summed E-state index contributed by atoms with van der Waals surface area (Å²) in [5.74, 6) is 4.18. The van der Waals surface area contributed by atoms with Crippen molar-refractivity contribution in [3.63, 3.8) is 0 Å². The van der Waals surface area contributed by atoms with Crippen molar-refractivity contribution in [2.45, 2.75) is 25.8 Å². The molecule has 0 saturated carbocycles. The zero-order valence-electron chi connectivity index (χ0n) is 14.9. The predicted molar refractivity (Wildman–Crippen MR) is 103 cm³/mol. The van der Waals surface area contributed by atoms with E-state index in [1.165, 1.54) is 0 Å². The number of carbonyl (C=O) groups is 1. The number of amides is 1. The second kappa shape index (κ2) is 6.61. The molecule has 3 aromatic heterocycles. The van der Waals surface area contributed by atoms with Crippen LogP contribution in [0, 0.1) is 12.3 Å². The molecule has 8 nitrogen and oxygen atoms in total. The zero-order valence-corrected chi connectivity index (χ0v) is 14.9. The first kappa shape index (κ1) is 16.8. The van der Waals surface area contributed by atoms with Gasteiger partial charge in [0.15, 0.2) is 5.82 Å².